The van der Waals surface area contributed by atoms with Gasteiger partial charge in [-0.25, -0.2) is 18.1 Å². The van der Waals surface area contributed by atoms with Crippen LogP contribution in [0.15, 0.2) is 5.38 Å². The minimum absolute atomic E-state index is 0.0274. The van der Waals surface area contributed by atoms with Crippen molar-refractivity contribution in [2.75, 3.05) is 18.9 Å². The maximum Gasteiger partial charge on any atom is 0.211 e. The van der Waals surface area contributed by atoms with E-state index in [1.807, 2.05) is 12.3 Å². The first-order chi connectivity index (χ1) is 7.53. The summed E-state index contributed by atoms with van der Waals surface area (Å²) in [6, 6.07) is 0. The summed E-state index contributed by atoms with van der Waals surface area (Å²) in [6.07, 6.45) is 0.878. The van der Waals surface area contributed by atoms with E-state index in [2.05, 4.69) is 9.71 Å². The van der Waals surface area contributed by atoms with E-state index in [4.69, 9.17) is 5.11 Å². The molecule has 0 aliphatic rings. The van der Waals surface area contributed by atoms with Gasteiger partial charge in [0, 0.05) is 30.6 Å². The summed E-state index contributed by atoms with van der Waals surface area (Å²) in [7, 11) is -3.24. The average molecular weight is 264 g/mol. The second-order valence-corrected chi connectivity index (χ2v) is 6.29. The van der Waals surface area contributed by atoms with Crippen LogP contribution in [0.25, 0.3) is 0 Å². The van der Waals surface area contributed by atoms with Crippen molar-refractivity contribution < 1.29 is 13.5 Å². The number of aliphatic hydroxyl groups excluding tert-OH is 1. The van der Waals surface area contributed by atoms with Gasteiger partial charge in [-0.15, -0.1) is 11.3 Å². The first-order valence-electron chi connectivity index (χ1n) is 5.03. The van der Waals surface area contributed by atoms with E-state index in [0.29, 0.717) is 13.0 Å². The van der Waals surface area contributed by atoms with E-state index in [1.165, 1.54) is 11.3 Å². The molecule has 92 valence electrons. The number of rotatable bonds is 7. The molecule has 0 atom stereocenters. The maximum atomic E-state index is 11.3. The lowest BCUT2D eigenvalue weighted by atomic mass is 10.4. The predicted octanol–water partition coefficient (Wildman–Crippen LogP) is 0.296. The highest BCUT2D eigenvalue weighted by atomic mass is 32.2. The number of aromatic nitrogens is 1. The van der Waals surface area contributed by atoms with Crippen LogP contribution in [-0.2, 0) is 16.4 Å². The standard InChI is InChI=1S/C9H16N2O3S2/c1-8-7-15-9(11-8)3-4-10-16(13,14)6-2-5-12/h7,10,12H,2-6H2,1H3. The predicted molar refractivity (Wildman–Crippen MR) is 64.0 cm³/mol. The van der Waals surface area contributed by atoms with Gasteiger partial charge in [-0.3, -0.25) is 0 Å². The molecule has 1 aromatic rings. The summed E-state index contributed by atoms with van der Waals surface area (Å²) in [4.78, 5) is 4.24. The van der Waals surface area contributed by atoms with Gasteiger partial charge < -0.3 is 5.11 Å². The van der Waals surface area contributed by atoms with Crippen molar-refractivity contribution in [2.45, 2.75) is 19.8 Å². The number of aryl methyl sites for hydroxylation is 1. The lowest BCUT2D eigenvalue weighted by Crippen LogP contribution is -2.28. The van der Waals surface area contributed by atoms with Gasteiger partial charge in [0.25, 0.3) is 0 Å². The SMILES string of the molecule is Cc1csc(CCNS(=O)(=O)CCCO)n1. The van der Waals surface area contributed by atoms with Gasteiger partial charge >= 0.3 is 0 Å². The fraction of sp³-hybridized carbons (Fsp3) is 0.667. The van der Waals surface area contributed by atoms with Crippen molar-refractivity contribution in [3.63, 3.8) is 0 Å². The van der Waals surface area contributed by atoms with Crippen molar-refractivity contribution in [3.8, 4) is 0 Å². The Morgan fingerprint density at radius 1 is 1.56 bits per heavy atom. The molecule has 0 aliphatic heterocycles. The number of nitrogens with zero attached hydrogens (tertiary/aromatic N) is 1. The van der Waals surface area contributed by atoms with Crippen molar-refractivity contribution in [1.82, 2.24) is 9.71 Å². The number of nitrogens with one attached hydrogen (secondary N) is 1. The Hall–Kier alpha value is -0.500. The van der Waals surface area contributed by atoms with Crippen molar-refractivity contribution in [3.05, 3.63) is 16.1 Å². The maximum absolute atomic E-state index is 11.3. The fourth-order valence-electron chi connectivity index (χ4n) is 1.16. The van der Waals surface area contributed by atoms with Crippen LogP contribution >= 0.6 is 11.3 Å². The monoisotopic (exact) mass is 264 g/mol. The van der Waals surface area contributed by atoms with E-state index in [0.717, 1.165) is 10.7 Å². The van der Waals surface area contributed by atoms with Crippen LogP contribution in [-0.4, -0.2) is 37.4 Å². The minimum Gasteiger partial charge on any atom is -0.396 e. The summed E-state index contributed by atoms with van der Waals surface area (Å²) in [5.41, 5.74) is 0.961. The summed E-state index contributed by atoms with van der Waals surface area (Å²) >= 11 is 1.53. The Morgan fingerprint density at radius 3 is 2.88 bits per heavy atom. The second-order valence-electron chi connectivity index (χ2n) is 3.42. The van der Waals surface area contributed by atoms with E-state index in [-0.39, 0.29) is 18.8 Å². The van der Waals surface area contributed by atoms with Crippen LogP contribution in [0, 0.1) is 6.92 Å². The average Bonchev–Trinajstić information content (AvgIpc) is 2.61. The third-order valence-corrected chi connectivity index (χ3v) is 4.40. The largest absolute Gasteiger partial charge is 0.396 e. The third-order valence-electron chi connectivity index (χ3n) is 1.90. The third kappa shape index (κ3) is 5.02. The number of hydrogen-bond donors (Lipinski definition) is 2. The van der Waals surface area contributed by atoms with Crippen LogP contribution in [0.3, 0.4) is 0 Å². The quantitative estimate of drug-likeness (QED) is 0.742. The van der Waals surface area contributed by atoms with Crippen LogP contribution < -0.4 is 4.72 Å². The normalized spacial score (nSPS) is 11.9. The number of thiazole rings is 1. The molecule has 0 saturated carbocycles. The van der Waals surface area contributed by atoms with Crippen LogP contribution in [0.4, 0.5) is 0 Å². The van der Waals surface area contributed by atoms with Gasteiger partial charge in [0.1, 0.15) is 0 Å². The van der Waals surface area contributed by atoms with Gasteiger partial charge in [-0.05, 0) is 13.3 Å². The van der Waals surface area contributed by atoms with Crippen molar-refractivity contribution in [2.24, 2.45) is 0 Å². The van der Waals surface area contributed by atoms with Crippen LogP contribution in [0.5, 0.6) is 0 Å². The molecule has 0 saturated heterocycles. The summed E-state index contributed by atoms with van der Waals surface area (Å²) in [5.74, 6) is -0.0274. The molecular formula is C9H16N2O3S2. The fourth-order valence-corrected chi connectivity index (χ4v) is 3.00. The molecule has 0 spiro atoms. The molecule has 1 heterocycles. The van der Waals surface area contributed by atoms with Crippen molar-refractivity contribution >= 4 is 21.4 Å². The lowest BCUT2D eigenvalue weighted by molar-refractivity contribution is 0.295. The second kappa shape index (κ2) is 6.29. The molecule has 1 rings (SSSR count). The molecule has 0 aromatic carbocycles. The summed E-state index contributed by atoms with van der Waals surface area (Å²) in [5, 5.41) is 11.4. The molecule has 0 bridgehead atoms. The van der Waals surface area contributed by atoms with Crippen molar-refractivity contribution in [1.29, 1.82) is 0 Å². The Kier molecular flexibility index (Phi) is 5.33. The molecule has 16 heavy (non-hydrogen) atoms. The first-order valence-corrected chi connectivity index (χ1v) is 7.56. The van der Waals surface area contributed by atoms with Gasteiger partial charge in [-0.2, -0.15) is 0 Å². The lowest BCUT2D eigenvalue weighted by Gasteiger charge is -2.04. The number of sulfonamides is 1. The molecule has 0 amide bonds. The Balaban J connectivity index is 2.29. The topological polar surface area (TPSA) is 79.3 Å². The summed E-state index contributed by atoms with van der Waals surface area (Å²) < 4.78 is 25.2. The Bertz CT molecular complexity index is 414. The molecule has 0 aliphatic carbocycles. The molecule has 1 aromatic heterocycles. The van der Waals surface area contributed by atoms with Gasteiger partial charge in [0.15, 0.2) is 0 Å². The van der Waals surface area contributed by atoms with Crippen LogP contribution in [0.1, 0.15) is 17.1 Å². The van der Waals surface area contributed by atoms with E-state index in [1.54, 1.807) is 0 Å². The zero-order valence-corrected chi connectivity index (χ0v) is 10.8. The van der Waals surface area contributed by atoms with Gasteiger partial charge in [0.05, 0.1) is 10.8 Å². The molecule has 7 heteroatoms. The van der Waals surface area contributed by atoms with E-state index >= 15 is 0 Å². The van der Waals surface area contributed by atoms with Crippen LogP contribution in [0.2, 0.25) is 0 Å². The van der Waals surface area contributed by atoms with E-state index < -0.39 is 10.0 Å². The summed E-state index contributed by atoms with van der Waals surface area (Å²) in [6.45, 7) is 2.17. The molecule has 0 radical (unpaired) electrons. The first kappa shape index (κ1) is 13.6. The Labute approximate surface area is 99.6 Å². The smallest absolute Gasteiger partial charge is 0.211 e. The molecule has 0 fully saturated rings. The highest BCUT2D eigenvalue weighted by Gasteiger charge is 2.09. The van der Waals surface area contributed by atoms with E-state index in [9.17, 15) is 8.42 Å². The molecular weight excluding hydrogens is 248 g/mol. The van der Waals surface area contributed by atoms with Gasteiger partial charge in [-0.1, -0.05) is 0 Å². The minimum atomic E-state index is -3.24. The Morgan fingerprint density at radius 2 is 2.31 bits per heavy atom. The zero-order valence-electron chi connectivity index (χ0n) is 9.14. The van der Waals surface area contributed by atoms with Gasteiger partial charge in [0.2, 0.25) is 10.0 Å². The highest BCUT2D eigenvalue weighted by Crippen LogP contribution is 2.08. The number of hydrogen-bond acceptors (Lipinski definition) is 5. The molecule has 2 N–H and O–H groups in total. The highest BCUT2D eigenvalue weighted by molar-refractivity contribution is 7.89. The number of aliphatic hydroxyl groups is 1. The molecule has 0 unspecified atom stereocenters. The zero-order chi connectivity index (χ0) is 12.0. The molecule has 5 nitrogen and oxygen atoms in total.